The first-order valence-corrected chi connectivity index (χ1v) is 16.8. The van der Waals surface area contributed by atoms with Gasteiger partial charge in [0.2, 0.25) is 0 Å². The van der Waals surface area contributed by atoms with Crippen LogP contribution >= 0.6 is 0 Å². The highest BCUT2D eigenvalue weighted by atomic mass is 32.2. The van der Waals surface area contributed by atoms with E-state index in [9.17, 15) is 21.6 Å². The number of ether oxygens (including phenoxy) is 2. The van der Waals surface area contributed by atoms with Gasteiger partial charge in [0, 0.05) is 42.0 Å². The van der Waals surface area contributed by atoms with Gasteiger partial charge in [-0.1, -0.05) is 23.4 Å². The zero-order chi connectivity index (χ0) is 35.6. The van der Waals surface area contributed by atoms with Crippen molar-refractivity contribution >= 4 is 21.5 Å². The molecule has 9 nitrogen and oxygen atoms in total. The molecule has 3 aromatic carbocycles. The van der Waals surface area contributed by atoms with Gasteiger partial charge < -0.3 is 23.8 Å². The van der Waals surface area contributed by atoms with Gasteiger partial charge in [0.25, 0.3) is 10.0 Å². The van der Waals surface area contributed by atoms with Crippen LogP contribution in [0.5, 0.6) is 11.5 Å². The molecular formula is C34H37F5N4O5S. The van der Waals surface area contributed by atoms with E-state index in [1.54, 1.807) is 29.2 Å². The molecule has 0 amide bonds. The first kappa shape index (κ1) is 35.9. The molecule has 49 heavy (non-hydrogen) atoms. The number of nitrogens with zero attached hydrogens (tertiary/aromatic N) is 4. The number of sulfonamides is 1. The largest absolute Gasteiger partial charge is 0.497 e. The van der Waals surface area contributed by atoms with E-state index < -0.39 is 50.4 Å². The van der Waals surface area contributed by atoms with E-state index in [-0.39, 0.29) is 17.3 Å². The van der Waals surface area contributed by atoms with Crippen molar-refractivity contribution in [1.82, 2.24) is 10.1 Å². The van der Waals surface area contributed by atoms with Crippen molar-refractivity contribution in [3.05, 3.63) is 95.3 Å². The Bertz CT molecular complexity index is 1850. The number of hydrogen-bond donors (Lipinski definition) is 0. The summed E-state index contributed by atoms with van der Waals surface area (Å²) in [6, 6.07) is 13.1. The van der Waals surface area contributed by atoms with E-state index in [0.29, 0.717) is 55.6 Å². The number of alkyl halides is 3. The molecule has 0 radical (unpaired) electrons. The zero-order valence-corrected chi connectivity index (χ0v) is 28.2. The van der Waals surface area contributed by atoms with Crippen molar-refractivity contribution in [3.63, 3.8) is 0 Å². The summed E-state index contributed by atoms with van der Waals surface area (Å²) in [6.45, 7) is 0.352. The number of aryl methyl sites for hydroxylation is 1. The van der Waals surface area contributed by atoms with Crippen molar-refractivity contribution in [3.8, 4) is 11.5 Å². The summed E-state index contributed by atoms with van der Waals surface area (Å²) in [5.41, 5.74) is -0.218. The number of hydrogen-bond acceptors (Lipinski definition) is 8. The fourth-order valence-electron chi connectivity index (χ4n) is 6.25. The Morgan fingerprint density at radius 2 is 1.73 bits per heavy atom. The highest BCUT2D eigenvalue weighted by Gasteiger charge is 2.39. The Morgan fingerprint density at radius 3 is 2.35 bits per heavy atom. The fraction of sp³-hybridized carbons (Fsp3) is 0.382. The first-order valence-electron chi connectivity index (χ1n) is 15.4. The number of piperidine rings is 1. The van der Waals surface area contributed by atoms with Crippen LogP contribution in [0.15, 0.2) is 76.3 Å². The van der Waals surface area contributed by atoms with Crippen LogP contribution < -0.4 is 18.7 Å². The van der Waals surface area contributed by atoms with Crippen molar-refractivity contribution < 1.29 is 44.4 Å². The van der Waals surface area contributed by atoms with Gasteiger partial charge in [0.05, 0.1) is 26.3 Å². The predicted molar refractivity (Wildman–Crippen MR) is 173 cm³/mol. The summed E-state index contributed by atoms with van der Waals surface area (Å²) in [5, 5.41) is 3.73. The van der Waals surface area contributed by atoms with Gasteiger partial charge in [-0.15, -0.1) is 0 Å². The van der Waals surface area contributed by atoms with Crippen LogP contribution in [0.3, 0.4) is 0 Å². The third kappa shape index (κ3) is 7.62. The fourth-order valence-corrected chi connectivity index (χ4v) is 7.73. The van der Waals surface area contributed by atoms with Crippen LogP contribution in [-0.2, 0) is 29.2 Å². The monoisotopic (exact) mass is 708 g/mol. The molecule has 1 unspecified atom stereocenters. The summed E-state index contributed by atoms with van der Waals surface area (Å²) in [6.07, 6.45) is -1.15. The number of benzene rings is 3. The maximum Gasteiger partial charge on any atom is 0.416 e. The smallest absolute Gasteiger partial charge is 0.416 e. The number of rotatable bonds is 12. The number of halogens is 5. The second-order valence-electron chi connectivity index (χ2n) is 12.1. The van der Waals surface area contributed by atoms with Gasteiger partial charge in [-0.05, 0) is 75.7 Å². The minimum Gasteiger partial charge on any atom is -0.497 e. The molecule has 1 fully saturated rings. The first-order chi connectivity index (χ1) is 23.2. The molecule has 0 aliphatic carbocycles. The van der Waals surface area contributed by atoms with Crippen molar-refractivity contribution in [2.24, 2.45) is 0 Å². The van der Waals surface area contributed by atoms with Crippen LogP contribution in [-0.4, -0.2) is 65.4 Å². The summed E-state index contributed by atoms with van der Waals surface area (Å²) >= 11 is 0. The number of likely N-dealkylation sites (N-methyl/N-ethyl adjacent to an activating group) is 1. The van der Waals surface area contributed by atoms with Gasteiger partial charge in [-0.2, -0.15) is 13.2 Å². The SMILES string of the molecule is COc1ccc(CN(c2ccon2)S(=O)(=O)c2c(F)cc(N3CCCC(CCc4cccc(C(F)(F)F)c4)(N(C)C)C3)cc2F)c(OC)c1. The van der Waals surface area contributed by atoms with E-state index in [1.807, 2.05) is 19.0 Å². The number of methoxy groups -OCH3 is 2. The standard InChI is InChI=1S/C34H37F5N4O5S/c1-41(2)33(14-11-23-7-5-8-25(17-23)34(37,38)39)13-6-15-42(22-33)26-18-28(35)32(29(36)19-26)49(44,45)43(31-12-16-48-40-31)21-24-9-10-27(46-3)20-30(24)47-4/h5,7-10,12,16-20H,6,11,13-15,21-22H2,1-4H3. The topological polar surface area (TPSA) is 88.3 Å². The lowest BCUT2D eigenvalue weighted by molar-refractivity contribution is -0.137. The number of anilines is 2. The number of aromatic nitrogens is 1. The molecule has 0 bridgehead atoms. The summed E-state index contributed by atoms with van der Waals surface area (Å²) in [4.78, 5) is 2.60. The third-order valence-corrected chi connectivity index (χ3v) is 10.8. The molecular weight excluding hydrogens is 671 g/mol. The molecule has 0 spiro atoms. The molecule has 1 aromatic heterocycles. The molecule has 0 N–H and O–H groups in total. The maximum absolute atomic E-state index is 15.9. The van der Waals surface area contributed by atoms with Crippen LogP contribution in [0, 0.1) is 11.6 Å². The van der Waals surface area contributed by atoms with Crippen molar-refractivity contribution in [2.75, 3.05) is 50.6 Å². The molecule has 2 heterocycles. The Kier molecular flexibility index (Phi) is 10.4. The molecule has 1 aliphatic rings. The lowest BCUT2D eigenvalue weighted by Crippen LogP contribution is -2.56. The molecule has 1 saturated heterocycles. The van der Waals surface area contributed by atoms with E-state index >= 15 is 8.78 Å². The van der Waals surface area contributed by atoms with Gasteiger partial charge >= 0.3 is 6.18 Å². The lowest BCUT2D eigenvalue weighted by atomic mass is 9.82. The van der Waals surface area contributed by atoms with Crippen LogP contribution in [0.2, 0.25) is 0 Å². The predicted octanol–water partition coefficient (Wildman–Crippen LogP) is 6.92. The van der Waals surface area contributed by atoms with E-state index in [2.05, 4.69) is 5.16 Å². The second kappa shape index (κ2) is 14.2. The van der Waals surface area contributed by atoms with Crippen molar-refractivity contribution in [1.29, 1.82) is 0 Å². The zero-order valence-electron chi connectivity index (χ0n) is 27.4. The van der Waals surface area contributed by atoms with Gasteiger partial charge in [0.15, 0.2) is 10.7 Å². The normalized spacial score (nSPS) is 17.0. The quantitative estimate of drug-likeness (QED) is 0.147. The summed E-state index contributed by atoms with van der Waals surface area (Å²) < 4.78 is 116. The maximum atomic E-state index is 15.9. The van der Waals surface area contributed by atoms with E-state index in [4.69, 9.17) is 14.0 Å². The second-order valence-corrected chi connectivity index (χ2v) is 13.9. The van der Waals surface area contributed by atoms with Gasteiger partial charge in [-0.3, -0.25) is 0 Å². The molecule has 1 aliphatic heterocycles. The van der Waals surface area contributed by atoms with E-state index in [0.717, 1.165) is 34.8 Å². The molecule has 4 aromatic rings. The van der Waals surface area contributed by atoms with Crippen LogP contribution in [0.1, 0.15) is 36.0 Å². The Labute approximate surface area is 281 Å². The van der Waals surface area contributed by atoms with E-state index in [1.165, 1.54) is 26.4 Å². The highest BCUT2D eigenvalue weighted by Crippen LogP contribution is 2.37. The summed E-state index contributed by atoms with van der Waals surface area (Å²) in [7, 11) is 1.68. The third-order valence-electron chi connectivity index (χ3n) is 9.02. The summed E-state index contributed by atoms with van der Waals surface area (Å²) in [5.74, 6) is -2.06. The minimum atomic E-state index is -4.89. The Morgan fingerprint density at radius 1 is 1.00 bits per heavy atom. The average Bonchev–Trinajstić information content (AvgIpc) is 3.60. The van der Waals surface area contributed by atoms with Crippen LogP contribution in [0.4, 0.5) is 33.5 Å². The van der Waals surface area contributed by atoms with Gasteiger partial charge in [0.1, 0.15) is 29.4 Å². The van der Waals surface area contributed by atoms with Gasteiger partial charge in [-0.25, -0.2) is 21.5 Å². The molecule has 264 valence electrons. The highest BCUT2D eigenvalue weighted by molar-refractivity contribution is 7.92. The molecule has 0 saturated carbocycles. The lowest BCUT2D eigenvalue weighted by Gasteiger charge is -2.48. The Hall–Kier alpha value is -4.37. The minimum absolute atomic E-state index is 0.142. The Balaban J connectivity index is 1.43. The van der Waals surface area contributed by atoms with Crippen molar-refractivity contribution in [2.45, 2.75) is 48.8 Å². The molecule has 15 heteroatoms. The average molecular weight is 709 g/mol. The van der Waals surface area contributed by atoms with Crippen LogP contribution in [0.25, 0.3) is 0 Å². The molecule has 5 rings (SSSR count). The molecule has 1 atom stereocenters.